The molecule has 0 heterocycles. The monoisotopic (exact) mass is 196 g/mol. The lowest BCUT2D eigenvalue weighted by molar-refractivity contribution is 0.278. The van der Waals surface area contributed by atoms with Gasteiger partial charge in [-0.15, -0.1) is 0 Å². The van der Waals surface area contributed by atoms with Gasteiger partial charge in [-0.25, -0.2) is 0 Å². The highest BCUT2D eigenvalue weighted by Gasteiger charge is 2.28. The summed E-state index contributed by atoms with van der Waals surface area (Å²) in [7, 11) is -2.66. The molecule has 0 spiro atoms. The smallest absolute Gasteiger partial charge is 0.238 e. The Morgan fingerprint density at radius 2 is 1.64 bits per heavy atom. The van der Waals surface area contributed by atoms with Gasteiger partial charge in [0.05, 0.1) is 12.5 Å². The van der Waals surface area contributed by atoms with E-state index in [0.717, 1.165) is 18.6 Å². The molecule has 0 radical (unpaired) electrons. The highest BCUT2D eigenvalue weighted by Crippen LogP contribution is 2.09. The number of aliphatic hydroxyl groups is 2. The van der Waals surface area contributed by atoms with E-state index in [1.165, 1.54) is 0 Å². The molecule has 0 bridgehead atoms. The van der Waals surface area contributed by atoms with E-state index in [0.29, 0.717) is 6.04 Å². The van der Waals surface area contributed by atoms with Crippen molar-refractivity contribution in [1.82, 2.24) is 0 Å². The van der Waals surface area contributed by atoms with E-state index in [9.17, 15) is 4.80 Å². The molecule has 0 amide bonds. The van der Waals surface area contributed by atoms with Gasteiger partial charge in [-0.1, -0.05) is 6.42 Å². The third-order valence-corrected chi connectivity index (χ3v) is 4.42. The molecule has 0 aliphatic heterocycles. The molecule has 0 rings (SSSR count). The number of unbranched alkanes of at least 4 members (excludes halogenated alkanes) is 1. The van der Waals surface area contributed by atoms with Crippen LogP contribution >= 0.6 is 12.6 Å². The largest absolute Gasteiger partial charge is 0.428 e. The molecule has 11 heavy (non-hydrogen) atoms. The zero-order valence-corrected chi connectivity index (χ0v) is 8.43. The van der Waals surface area contributed by atoms with Crippen molar-refractivity contribution < 1.29 is 15.0 Å². The molecule has 0 saturated carbocycles. The van der Waals surface area contributed by atoms with Crippen LogP contribution in [-0.2, 0) is 0 Å². The Morgan fingerprint density at radius 3 is 2.00 bits per heavy atom. The topological polar surface area (TPSA) is 60.7 Å². The zero-order chi connectivity index (χ0) is 8.74. The van der Waals surface area contributed by atoms with E-state index in [-0.39, 0.29) is 12.5 Å². The van der Waals surface area contributed by atoms with E-state index >= 15 is 0 Å². The van der Waals surface area contributed by atoms with Gasteiger partial charge in [-0.2, -0.15) is 12.6 Å². The zero-order valence-electron chi connectivity index (χ0n) is 6.53. The Kier molecular flexibility index (Phi) is 6.26. The van der Waals surface area contributed by atoms with Crippen LogP contribution in [0.25, 0.3) is 0 Å². The Morgan fingerprint density at radius 1 is 1.09 bits per heavy atom. The van der Waals surface area contributed by atoms with Crippen molar-refractivity contribution in [2.45, 2.75) is 18.9 Å². The highest BCUT2D eigenvalue weighted by molar-refractivity contribution is 7.80. The standard InChI is InChI=1S/C6H16O3SSi/c7-5-11(9,6-8)4-2-1-3-10/h7-10H,1-6H2. The van der Waals surface area contributed by atoms with Crippen LogP contribution < -0.4 is 0 Å². The molecule has 0 aromatic carbocycles. The van der Waals surface area contributed by atoms with Crippen molar-refractivity contribution in [1.29, 1.82) is 0 Å². The van der Waals surface area contributed by atoms with Crippen LogP contribution in [0.3, 0.4) is 0 Å². The molecule has 0 aromatic heterocycles. The van der Waals surface area contributed by atoms with E-state index < -0.39 is 8.32 Å². The lowest BCUT2D eigenvalue weighted by Crippen LogP contribution is -2.44. The molecule has 0 atom stereocenters. The van der Waals surface area contributed by atoms with Gasteiger partial charge in [0.15, 0.2) is 0 Å². The summed E-state index contributed by atoms with van der Waals surface area (Å²) in [5.41, 5.74) is 0. The predicted molar refractivity (Wildman–Crippen MR) is 50.0 cm³/mol. The summed E-state index contributed by atoms with van der Waals surface area (Å²) in [6.07, 6.45) is 1.29. The molecule has 3 nitrogen and oxygen atoms in total. The fourth-order valence-electron chi connectivity index (χ4n) is 0.774. The van der Waals surface area contributed by atoms with Crippen LogP contribution in [0.15, 0.2) is 0 Å². The van der Waals surface area contributed by atoms with Gasteiger partial charge in [0.25, 0.3) is 0 Å². The predicted octanol–water partition coefficient (Wildman–Crippen LogP) is -0.303. The molecule has 0 saturated heterocycles. The van der Waals surface area contributed by atoms with Crippen LogP contribution in [-0.4, -0.2) is 41.5 Å². The molecule has 0 fully saturated rings. The Labute approximate surface area is 73.6 Å². The molecule has 0 aromatic rings. The van der Waals surface area contributed by atoms with Gasteiger partial charge in [-0.05, 0) is 18.2 Å². The molecule has 68 valence electrons. The van der Waals surface area contributed by atoms with E-state index in [2.05, 4.69) is 12.6 Å². The lowest BCUT2D eigenvalue weighted by Gasteiger charge is -2.19. The SMILES string of the molecule is OC[Si](O)(CO)CCCCS. The van der Waals surface area contributed by atoms with Crippen molar-refractivity contribution in [2.75, 3.05) is 18.2 Å². The lowest BCUT2D eigenvalue weighted by atomic mass is 10.4. The maximum Gasteiger partial charge on any atom is 0.238 e. The minimum atomic E-state index is -2.66. The van der Waals surface area contributed by atoms with Crippen molar-refractivity contribution in [3.63, 3.8) is 0 Å². The van der Waals surface area contributed by atoms with Gasteiger partial charge in [0.1, 0.15) is 0 Å². The van der Waals surface area contributed by atoms with Crippen molar-refractivity contribution >= 4 is 20.9 Å². The minimum Gasteiger partial charge on any atom is -0.428 e. The van der Waals surface area contributed by atoms with E-state index in [1.54, 1.807) is 0 Å². The molecular formula is C6H16O3SSi. The van der Waals surface area contributed by atoms with E-state index in [4.69, 9.17) is 10.2 Å². The number of rotatable bonds is 6. The van der Waals surface area contributed by atoms with Crippen molar-refractivity contribution in [3.05, 3.63) is 0 Å². The van der Waals surface area contributed by atoms with Gasteiger partial charge >= 0.3 is 0 Å². The average molecular weight is 196 g/mol. The molecular weight excluding hydrogens is 180 g/mol. The average Bonchev–Trinajstić information content (AvgIpc) is 2.05. The maximum absolute atomic E-state index is 9.47. The molecule has 0 aliphatic rings. The second-order valence-electron chi connectivity index (χ2n) is 2.72. The third kappa shape index (κ3) is 4.81. The molecule has 5 heteroatoms. The maximum atomic E-state index is 9.47. The number of thiol groups is 1. The second kappa shape index (κ2) is 6.02. The summed E-state index contributed by atoms with van der Waals surface area (Å²) in [6.45, 7) is 0. The summed E-state index contributed by atoms with van der Waals surface area (Å²) < 4.78 is 0. The normalized spacial score (nSPS) is 12.0. The van der Waals surface area contributed by atoms with Crippen LogP contribution in [0.2, 0.25) is 6.04 Å². The summed E-state index contributed by atoms with van der Waals surface area (Å²) >= 11 is 4.02. The van der Waals surface area contributed by atoms with Crippen LogP contribution in [0.5, 0.6) is 0 Å². The van der Waals surface area contributed by atoms with Crippen molar-refractivity contribution in [2.24, 2.45) is 0 Å². The number of hydrogen-bond acceptors (Lipinski definition) is 4. The van der Waals surface area contributed by atoms with Crippen molar-refractivity contribution in [3.8, 4) is 0 Å². The van der Waals surface area contributed by atoms with Gasteiger partial charge < -0.3 is 15.0 Å². The first-order valence-electron chi connectivity index (χ1n) is 3.73. The first-order valence-corrected chi connectivity index (χ1v) is 6.93. The first kappa shape index (κ1) is 11.4. The number of hydrogen-bond donors (Lipinski definition) is 4. The highest BCUT2D eigenvalue weighted by atomic mass is 32.1. The third-order valence-electron chi connectivity index (χ3n) is 1.64. The minimum absolute atomic E-state index is 0.240. The van der Waals surface area contributed by atoms with Gasteiger partial charge in [0, 0.05) is 0 Å². The van der Waals surface area contributed by atoms with Gasteiger partial charge in [0.2, 0.25) is 8.32 Å². The fraction of sp³-hybridized carbons (Fsp3) is 1.00. The summed E-state index contributed by atoms with van der Waals surface area (Å²) in [5, 5.41) is 17.4. The van der Waals surface area contributed by atoms with E-state index in [1.807, 2.05) is 0 Å². The van der Waals surface area contributed by atoms with Gasteiger partial charge in [-0.3, -0.25) is 0 Å². The first-order chi connectivity index (χ1) is 5.18. The Hall–Kier alpha value is 0.447. The molecule has 0 aliphatic carbocycles. The Balaban J connectivity index is 3.51. The number of aliphatic hydroxyl groups excluding tert-OH is 2. The quantitative estimate of drug-likeness (QED) is 0.268. The summed E-state index contributed by atoms with van der Waals surface area (Å²) in [6, 6.07) is 0.570. The second-order valence-corrected chi connectivity index (χ2v) is 6.75. The fourth-order valence-corrected chi connectivity index (χ4v) is 2.32. The van der Waals surface area contributed by atoms with Crippen LogP contribution in [0.1, 0.15) is 12.8 Å². The summed E-state index contributed by atoms with van der Waals surface area (Å²) in [4.78, 5) is 9.47. The molecule has 0 unspecified atom stereocenters. The van der Waals surface area contributed by atoms with Crippen LogP contribution in [0.4, 0.5) is 0 Å². The molecule has 3 N–H and O–H groups in total. The van der Waals surface area contributed by atoms with Crippen LogP contribution in [0, 0.1) is 0 Å². The Bertz CT molecular complexity index is 97.8. The summed E-state index contributed by atoms with van der Waals surface area (Å²) in [5.74, 6) is 0.793.